The zero-order valence-electron chi connectivity index (χ0n) is 20.6. The number of aromatic nitrogens is 5. The lowest BCUT2D eigenvalue weighted by Crippen LogP contribution is -2.44. The molecule has 0 spiro atoms. The Morgan fingerprint density at radius 3 is 2.47 bits per heavy atom. The number of hydrogen-bond donors (Lipinski definition) is 2. The van der Waals surface area contributed by atoms with Crippen LogP contribution >= 0.6 is 0 Å². The Balaban J connectivity index is 1.27. The quantitative estimate of drug-likeness (QED) is 0.454. The first-order valence-corrected chi connectivity index (χ1v) is 12.3. The number of likely N-dealkylation sites (N-methyl/N-ethyl adjacent to an activating group) is 2. The van der Waals surface area contributed by atoms with Crippen LogP contribution in [0.4, 0.5) is 29.0 Å². The van der Waals surface area contributed by atoms with Crippen molar-refractivity contribution in [1.82, 2.24) is 29.9 Å². The number of benzene rings is 2. The molecule has 184 valence electrons. The number of nitrogen functional groups attached to an aromatic ring is 1. The number of piperazine rings is 1. The molecule has 6 rings (SSSR count). The van der Waals surface area contributed by atoms with E-state index >= 15 is 0 Å². The van der Waals surface area contributed by atoms with Gasteiger partial charge in [0.15, 0.2) is 5.82 Å². The predicted molar refractivity (Wildman–Crippen MR) is 143 cm³/mol. The van der Waals surface area contributed by atoms with Crippen molar-refractivity contribution < 1.29 is 0 Å². The van der Waals surface area contributed by atoms with Crippen molar-refractivity contribution in [3.63, 3.8) is 0 Å². The largest absolute Gasteiger partial charge is 0.374 e. The van der Waals surface area contributed by atoms with Crippen LogP contribution in [0, 0.1) is 0 Å². The summed E-state index contributed by atoms with van der Waals surface area (Å²) in [5.74, 6) is 1.25. The zero-order chi connectivity index (χ0) is 24.6. The summed E-state index contributed by atoms with van der Waals surface area (Å²) in [6.45, 7) is 5.11. The maximum absolute atomic E-state index is 6.00. The molecular formula is C26H30N10. The van der Waals surface area contributed by atoms with Gasteiger partial charge in [-0.05, 0) is 55.4 Å². The number of nitrogens with two attached hydrogens (primary N) is 1. The molecule has 2 aliphatic rings. The van der Waals surface area contributed by atoms with Gasteiger partial charge in [0, 0.05) is 62.4 Å². The van der Waals surface area contributed by atoms with Crippen molar-refractivity contribution in [2.45, 2.75) is 6.42 Å². The highest BCUT2D eigenvalue weighted by atomic mass is 15.5. The number of fused-ring (bicyclic) bond motifs is 3. The van der Waals surface area contributed by atoms with Gasteiger partial charge in [0.25, 0.3) is 0 Å². The molecule has 4 aromatic rings. The summed E-state index contributed by atoms with van der Waals surface area (Å²) in [5, 5.41) is 16.9. The van der Waals surface area contributed by atoms with E-state index in [0.717, 1.165) is 67.3 Å². The third kappa shape index (κ3) is 4.20. The Kier molecular flexibility index (Phi) is 5.65. The van der Waals surface area contributed by atoms with Gasteiger partial charge >= 0.3 is 0 Å². The first-order chi connectivity index (χ1) is 17.5. The molecule has 1 fully saturated rings. The lowest BCUT2D eigenvalue weighted by molar-refractivity contribution is 0.313. The molecule has 10 nitrogen and oxygen atoms in total. The normalized spacial score (nSPS) is 15.8. The molecule has 2 aliphatic heterocycles. The summed E-state index contributed by atoms with van der Waals surface area (Å²) >= 11 is 0. The molecule has 0 saturated carbocycles. The van der Waals surface area contributed by atoms with Crippen LogP contribution in [-0.2, 0) is 6.42 Å². The Labute approximate surface area is 210 Å². The standard InChI is InChI=1S/C26H30N10/c1-33-13-15-35(16-14-33)20-9-7-19(8-10-20)28-26-29-25(27)32-36(26)23-17-18-11-12-34(2)22-6-4-3-5-21(22)24(18)31-30-23/h3-10,17H,11-16H2,1-2H3,(H3,27,28,29,32). The van der Waals surface area contributed by atoms with Crippen LogP contribution in [0.15, 0.2) is 54.6 Å². The highest BCUT2D eigenvalue weighted by Crippen LogP contribution is 2.34. The van der Waals surface area contributed by atoms with Gasteiger partial charge in [-0.25, -0.2) is 0 Å². The van der Waals surface area contributed by atoms with Crippen LogP contribution < -0.4 is 20.9 Å². The third-order valence-corrected chi connectivity index (χ3v) is 6.98. The fraction of sp³-hybridized carbons (Fsp3) is 0.308. The molecule has 0 unspecified atom stereocenters. The number of nitrogens with zero attached hydrogens (tertiary/aromatic N) is 8. The first-order valence-electron chi connectivity index (χ1n) is 12.3. The highest BCUT2D eigenvalue weighted by Gasteiger charge is 2.21. The van der Waals surface area contributed by atoms with E-state index in [0.29, 0.717) is 11.8 Å². The van der Waals surface area contributed by atoms with E-state index in [4.69, 9.17) is 5.73 Å². The van der Waals surface area contributed by atoms with Crippen LogP contribution in [0.25, 0.3) is 17.1 Å². The molecule has 0 aliphatic carbocycles. The second-order valence-corrected chi connectivity index (χ2v) is 9.43. The van der Waals surface area contributed by atoms with E-state index in [-0.39, 0.29) is 5.95 Å². The number of rotatable bonds is 4. The van der Waals surface area contributed by atoms with Crippen molar-refractivity contribution in [3.8, 4) is 17.1 Å². The van der Waals surface area contributed by atoms with E-state index in [1.165, 1.54) is 5.69 Å². The van der Waals surface area contributed by atoms with Gasteiger partial charge in [-0.2, -0.15) is 9.67 Å². The van der Waals surface area contributed by atoms with Crippen LogP contribution in [0.3, 0.4) is 0 Å². The molecule has 4 heterocycles. The minimum atomic E-state index is 0.174. The second-order valence-electron chi connectivity index (χ2n) is 9.43. The van der Waals surface area contributed by atoms with Crippen LogP contribution in [0.1, 0.15) is 5.56 Å². The Morgan fingerprint density at radius 1 is 0.889 bits per heavy atom. The fourth-order valence-electron chi connectivity index (χ4n) is 4.87. The first kappa shape index (κ1) is 22.3. The molecule has 36 heavy (non-hydrogen) atoms. The van der Waals surface area contributed by atoms with Crippen molar-refractivity contribution in [2.24, 2.45) is 0 Å². The molecule has 0 bridgehead atoms. The maximum atomic E-state index is 6.00. The van der Waals surface area contributed by atoms with E-state index in [9.17, 15) is 0 Å². The van der Waals surface area contributed by atoms with E-state index in [1.807, 2.05) is 12.1 Å². The Bertz CT molecular complexity index is 1370. The van der Waals surface area contributed by atoms with Gasteiger partial charge in [0.2, 0.25) is 11.9 Å². The molecule has 1 saturated heterocycles. The number of nitrogens with one attached hydrogen (secondary N) is 1. The van der Waals surface area contributed by atoms with E-state index in [2.05, 4.69) is 96.9 Å². The van der Waals surface area contributed by atoms with Crippen LogP contribution in [0.2, 0.25) is 0 Å². The van der Waals surface area contributed by atoms with Gasteiger partial charge in [-0.1, -0.05) is 18.2 Å². The number of anilines is 5. The molecule has 10 heteroatoms. The maximum Gasteiger partial charge on any atom is 0.241 e. The minimum Gasteiger partial charge on any atom is -0.374 e. The molecular weight excluding hydrogens is 452 g/mol. The minimum absolute atomic E-state index is 0.174. The average Bonchev–Trinajstić information content (AvgIpc) is 3.20. The molecule has 0 radical (unpaired) electrons. The summed E-state index contributed by atoms with van der Waals surface area (Å²) < 4.78 is 1.62. The Morgan fingerprint density at radius 2 is 1.67 bits per heavy atom. The molecule has 0 amide bonds. The zero-order valence-corrected chi connectivity index (χ0v) is 20.6. The van der Waals surface area contributed by atoms with Crippen molar-refractivity contribution in [1.29, 1.82) is 0 Å². The van der Waals surface area contributed by atoms with Gasteiger partial charge in [0.1, 0.15) is 0 Å². The van der Waals surface area contributed by atoms with Crippen molar-refractivity contribution in [2.75, 3.05) is 67.7 Å². The summed E-state index contributed by atoms with van der Waals surface area (Å²) in [7, 11) is 4.27. The van der Waals surface area contributed by atoms with Gasteiger partial charge in [0.05, 0.1) is 5.69 Å². The Hall–Kier alpha value is -4.18. The summed E-state index contributed by atoms with van der Waals surface area (Å²) in [4.78, 5) is 11.4. The molecule has 0 atom stereocenters. The average molecular weight is 483 g/mol. The van der Waals surface area contributed by atoms with E-state index < -0.39 is 0 Å². The van der Waals surface area contributed by atoms with Gasteiger partial charge in [-0.15, -0.1) is 15.3 Å². The number of hydrogen-bond acceptors (Lipinski definition) is 9. The van der Waals surface area contributed by atoms with Crippen LogP contribution in [-0.4, -0.2) is 76.7 Å². The topological polar surface area (TPSA) is 104 Å². The highest BCUT2D eigenvalue weighted by molar-refractivity contribution is 5.79. The monoisotopic (exact) mass is 482 g/mol. The fourth-order valence-corrected chi connectivity index (χ4v) is 4.87. The van der Waals surface area contributed by atoms with Gasteiger partial charge < -0.3 is 25.8 Å². The lowest BCUT2D eigenvalue weighted by atomic mass is 10.0. The predicted octanol–water partition coefficient (Wildman–Crippen LogP) is 2.79. The van der Waals surface area contributed by atoms with Crippen molar-refractivity contribution in [3.05, 3.63) is 60.2 Å². The summed E-state index contributed by atoms with van der Waals surface area (Å²) in [5.41, 5.74) is 12.4. The van der Waals surface area contributed by atoms with Crippen LogP contribution in [0.5, 0.6) is 0 Å². The smallest absolute Gasteiger partial charge is 0.241 e. The summed E-state index contributed by atoms with van der Waals surface area (Å²) in [6.07, 6.45) is 0.851. The molecule has 2 aromatic carbocycles. The van der Waals surface area contributed by atoms with E-state index in [1.54, 1.807) is 4.68 Å². The molecule has 3 N–H and O–H groups in total. The molecule has 2 aromatic heterocycles. The second kappa shape index (κ2) is 9.12. The van der Waals surface area contributed by atoms with Gasteiger partial charge in [-0.3, -0.25) is 0 Å². The van der Waals surface area contributed by atoms with Crippen molar-refractivity contribution >= 4 is 29.0 Å². The SMILES string of the molecule is CN1CCN(c2ccc(Nc3nc(N)nn3-c3cc4c(nn3)-c3ccccc3N(C)CC4)cc2)CC1. The third-order valence-electron chi connectivity index (χ3n) is 6.98. The summed E-state index contributed by atoms with van der Waals surface area (Å²) in [6, 6.07) is 18.7. The lowest BCUT2D eigenvalue weighted by Gasteiger charge is -2.34. The number of para-hydroxylation sites is 1.